The molecule has 20 heavy (non-hydrogen) atoms. The highest BCUT2D eigenvalue weighted by atomic mass is 35.5. The molecule has 0 saturated carbocycles. The van der Waals surface area contributed by atoms with Gasteiger partial charge in [0.2, 0.25) is 0 Å². The normalized spacial score (nSPS) is 23.6. The number of rotatable bonds is 6. The van der Waals surface area contributed by atoms with Crippen molar-refractivity contribution in [2.75, 3.05) is 39.3 Å². The molecule has 1 aliphatic rings. The highest BCUT2D eigenvalue weighted by Crippen LogP contribution is 2.17. The van der Waals surface area contributed by atoms with Gasteiger partial charge in [-0.25, -0.2) is 0 Å². The number of nitrogens with zero attached hydrogens (tertiary/aromatic N) is 1. The van der Waals surface area contributed by atoms with E-state index in [-0.39, 0.29) is 6.10 Å². The van der Waals surface area contributed by atoms with Gasteiger partial charge in [-0.3, -0.25) is 4.90 Å². The standard InChI is InChI=1S/C15H22ClNO3/c1-12-11-20-15(9-16)10-17(12)7-8-19-14-5-3-13(18-2)4-6-14/h3-6,12,15H,7-11H2,1-2H3. The third kappa shape index (κ3) is 4.27. The van der Waals surface area contributed by atoms with E-state index in [2.05, 4.69) is 11.8 Å². The van der Waals surface area contributed by atoms with Crippen LogP contribution in [0.3, 0.4) is 0 Å². The maximum atomic E-state index is 5.86. The Bertz CT molecular complexity index is 399. The molecule has 1 aromatic rings. The number of hydrogen-bond acceptors (Lipinski definition) is 4. The molecule has 0 spiro atoms. The Labute approximate surface area is 125 Å². The van der Waals surface area contributed by atoms with Crippen molar-refractivity contribution in [3.63, 3.8) is 0 Å². The maximum absolute atomic E-state index is 5.86. The summed E-state index contributed by atoms with van der Waals surface area (Å²) in [6.07, 6.45) is 0.133. The second kappa shape index (κ2) is 7.72. The van der Waals surface area contributed by atoms with Gasteiger partial charge < -0.3 is 14.2 Å². The van der Waals surface area contributed by atoms with Crippen molar-refractivity contribution in [1.29, 1.82) is 0 Å². The Morgan fingerprint density at radius 1 is 1.30 bits per heavy atom. The lowest BCUT2D eigenvalue weighted by atomic mass is 10.2. The number of morpholine rings is 1. The summed E-state index contributed by atoms with van der Waals surface area (Å²) in [4.78, 5) is 2.36. The average molecular weight is 300 g/mol. The zero-order valence-electron chi connectivity index (χ0n) is 12.0. The van der Waals surface area contributed by atoms with Crippen LogP contribution >= 0.6 is 11.6 Å². The second-order valence-corrected chi connectivity index (χ2v) is 5.29. The number of hydrogen-bond donors (Lipinski definition) is 0. The molecule has 0 aromatic heterocycles. The van der Waals surface area contributed by atoms with E-state index in [9.17, 15) is 0 Å². The van der Waals surface area contributed by atoms with E-state index in [1.165, 1.54) is 0 Å². The third-order valence-corrected chi connectivity index (χ3v) is 3.86. The minimum absolute atomic E-state index is 0.133. The van der Waals surface area contributed by atoms with Crippen LogP contribution in [0, 0.1) is 0 Å². The molecular weight excluding hydrogens is 278 g/mol. The minimum Gasteiger partial charge on any atom is -0.497 e. The maximum Gasteiger partial charge on any atom is 0.119 e. The Balaban J connectivity index is 1.76. The van der Waals surface area contributed by atoms with E-state index >= 15 is 0 Å². The van der Waals surface area contributed by atoms with Crippen LogP contribution in [0.2, 0.25) is 0 Å². The van der Waals surface area contributed by atoms with Crippen molar-refractivity contribution in [2.24, 2.45) is 0 Å². The van der Waals surface area contributed by atoms with Crippen molar-refractivity contribution in [3.8, 4) is 11.5 Å². The van der Waals surface area contributed by atoms with E-state index in [1.807, 2.05) is 24.3 Å². The fourth-order valence-electron chi connectivity index (χ4n) is 2.23. The zero-order chi connectivity index (χ0) is 14.4. The van der Waals surface area contributed by atoms with Gasteiger partial charge >= 0.3 is 0 Å². The molecule has 1 heterocycles. The molecule has 0 bridgehead atoms. The van der Waals surface area contributed by atoms with Gasteiger partial charge in [0.25, 0.3) is 0 Å². The summed E-state index contributed by atoms with van der Waals surface area (Å²) in [7, 11) is 1.66. The zero-order valence-corrected chi connectivity index (χ0v) is 12.8. The summed E-state index contributed by atoms with van der Waals surface area (Å²) < 4.78 is 16.5. The van der Waals surface area contributed by atoms with Crippen molar-refractivity contribution < 1.29 is 14.2 Å². The van der Waals surface area contributed by atoms with Crippen molar-refractivity contribution in [1.82, 2.24) is 4.90 Å². The van der Waals surface area contributed by atoms with Gasteiger partial charge in [0, 0.05) is 25.0 Å². The van der Waals surface area contributed by atoms with E-state index in [4.69, 9.17) is 25.8 Å². The van der Waals surface area contributed by atoms with Crippen LogP contribution in [0.5, 0.6) is 11.5 Å². The smallest absolute Gasteiger partial charge is 0.119 e. The summed E-state index contributed by atoms with van der Waals surface area (Å²) in [6.45, 7) is 5.31. The van der Waals surface area contributed by atoms with Crippen molar-refractivity contribution in [3.05, 3.63) is 24.3 Å². The molecule has 1 aromatic carbocycles. The number of ether oxygens (including phenoxy) is 3. The molecule has 1 saturated heterocycles. The Hall–Kier alpha value is -0.970. The van der Waals surface area contributed by atoms with Gasteiger partial charge in [-0.05, 0) is 31.2 Å². The summed E-state index contributed by atoms with van der Waals surface area (Å²) in [5, 5.41) is 0. The first-order valence-corrected chi connectivity index (χ1v) is 7.45. The summed E-state index contributed by atoms with van der Waals surface area (Å²) in [5.74, 6) is 2.24. The monoisotopic (exact) mass is 299 g/mol. The van der Waals surface area contributed by atoms with Crippen LogP contribution in [0.1, 0.15) is 6.92 Å². The molecule has 2 rings (SSSR count). The molecule has 2 atom stereocenters. The van der Waals surface area contributed by atoms with Crippen molar-refractivity contribution >= 4 is 11.6 Å². The molecule has 2 unspecified atom stereocenters. The molecule has 4 nitrogen and oxygen atoms in total. The largest absolute Gasteiger partial charge is 0.497 e. The Morgan fingerprint density at radius 2 is 2.00 bits per heavy atom. The lowest BCUT2D eigenvalue weighted by Gasteiger charge is -2.37. The number of alkyl halides is 1. The topological polar surface area (TPSA) is 30.9 Å². The molecule has 0 amide bonds. The van der Waals surface area contributed by atoms with E-state index in [0.29, 0.717) is 18.5 Å². The summed E-state index contributed by atoms with van der Waals surface area (Å²) in [6, 6.07) is 8.05. The fourth-order valence-corrected chi connectivity index (χ4v) is 2.42. The van der Waals surface area contributed by atoms with E-state index in [0.717, 1.165) is 31.2 Å². The van der Waals surface area contributed by atoms with Crippen LogP contribution in [-0.2, 0) is 4.74 Å². The predicted octanol–water partition coefficient (Wildman–Crippen LogP) is 2.40. The quantitative estimate of drug-likeness (QED) is 0.755. The second-order valence-electron chi connectivity index (χ2n) is 4.98. The highest BCUT2D eigenvalue weighted by molar-refractivity contribution is 6.18. The molecule has 0 radical (unpaired) electrons. The van der Waals surface area contributed by atoms with Gasteiger partial charge in [-0.2, -0.15) is 0 Å². The number of benzene rings is 1. The summed E-state index contributed by atoms with van der Waals surface area (Å²) in [5.41, 5.74) is 0. The van der Waals surface area contributed by atoms with Gasteiger partial charge in [-0.15, -0.1) is 11.6 Å². The molecule has 1 fully saturated rings. The van der Waals surface area contributed by atoms with Crippen LogP contribution in [-0.4, -0.2) is 56.3 Å². The average Bonchev–Trinajstić information content (AvgIpc) is 2.50. The number of halogens is 1. The molecule has 1 aliphatic heterocycles. The molecule has 112 valence electrons. The van der Waals surface area contributed by atoms with Crippen LogP contribution in [0.25, 0.3) is 0 Å². The first kappa shape index (κ1) is 15.4. The first-order chi connectivity index (χ1) is 9.72. The highest BCUT2D eigenvalue weighted by Gasteiger charge is 2.25. The van der Waals surface area contributed by atoms with Crippen LogP contribution in [0.4, 0.5) is 0 Å². The van der Waals surface area contributed by atoms with Gasteiger partial charge in [-0.1, -0.05) is 0 Å². The van der Waals surface area contributed by atoms with E-state index < -0.39 is 0 Å². The van der Waals surface area contributed by atoms with E-state index in [1.54, 1.807) is 7.11 Å². The molecular formula is C15H22ClNO3. The van der Waals surface area contributed by atoms with Gasteiger partial charge in [0.15, 0.2) is 0 Å². The van der Waals surface area contributed by atoms with Gasteiger partial charge in [0.05, 0.1) is 19.8 Å². The molecule has 5 heteroatoms. The SMILES string of the molecule is COc1ccc(OCCN2CC(CCl)OCC2C)cc1. The lowest BCUT2D eigenvalue weighted by Crippen LogP contribution is -2.50. The lowest BCUT2D eigenvalue weighted by molar-refractivity contribution is -0.0506. The molecule has 0 N–H and O–H groups in total. The van der Waals surface area contributed by atoms with Gasteiger partial charge in [0.1, 0.15) is 18.1 Å². The summed E-state index contributed by atoms with van der Waals surface area (Å²) >= 11 is 5.86. The van der Waals surface area contributed by atoms with Crippen LogP contribution < -0.4 is 9.47 Å². The molecule has 0 aliphatic carbocycles. The number of methoxy groups -OCH3 is 1. The fraction of sp³-hybridized carbons (Fsp3) is 0.600. The minimum atomic E-state index is 0.133. The Kier molecular flexibility index (Phi) is 5.95. The predicted molar refractivity (Wildman–Crippen MR) is 80.0 cm³/mol. The Morgan fingerprint density at radius 3 is 2.65 bits per heavy atom. The van der Waals surface area contributed by atoms with Crippen LogP contribution in [0.15, 0.2) is 24.3 Å². The third-order valence-electron chi connectivity index (χ3n) is 3.51. The van der Waals surface area contributed by atoms with Crippen molar-refractivity contribution in [2.45, 2.75) is 19.1 Å². The first-order valence-electron chi connectivity index (χ1n) is 6.91.